The molecule has 122 valence electrons. The second-order valence-electron chi connectivity index (χ2n) is 5.65. The standard InChI is InChI=1S/C16H27NO3.ClH/c1-10(2)6-7-12(18)16(17)15-13(19-4)8-11(3)9-14(15)20-5;/h8-10,12,16,18H,6-7,17H2,1-5H3;1H/t12-,16-;/m1./s1. The van der Waals surface area contributed by atoms with Crippen LogP contribution in [-0.4, -0.2) is 25.4 Å². The van der Waals surface area contributed by atoms with Crippen LogP contribution >= 0.6 is 12.4 Å². The van der Waals surface area contributed by atoms with E-state index in [9.17, 15) is 5.11 Å². The summed E-state index contributed by atoms with van der Waals surface area (Å²) in [6.45, 7) is 6.23. The predicted octanol–water partition coefficient (Wildman–Crippen LogP) is 3.23. The summed E-state index contributed by atoms with van der Waals surface area (Å²) in [5, 5.41) is 10.3. The monoisotopic (exact) mass is 317 g/mol. The molecule has 0 aliphatic heterocycles. The first-order valence-corrected chi connectivity index (χ1v) is 7.06. The highest BCUT2D eigenvalue weighted by Gasteiger charge is 2.24. The summed E-state index contributed by atoms with van der Waals surface area (Å²) in [7, 11) is 3.20. The minimum Gasteiger partial charge on any atom is -0.496 e. The summed E-state index contributed by atoms with van der Waals surface area (Å²) in [6, 6.07) is 3.30. The first kappa shape index (κ1) is 20.0. The molecule has 5 heteroatoms. The molecule has 0 amide bonds. The molecule has 0 aromatic heterocycles. The molecule has 0 aliphatic carbocycles. The summed E-state index contributed by atoms with van der Waals surface area (Å²) in [5.74, 6) is 1.87. The largest absolute Gasteiger partial charge is 0.496 e. The summed E-state index contributed by atoms with van der Waals surface area (Å²) in [4.78, 5) is 0. The Labute approximate surface area is 134 Å². The number of aryl methyl sites for hydroxylation is 1. The van der Waals surface area contributed by atoms with Crippen LogP contribution in [0.15, 0.2) is 12.1 Å². The topological polar surface area (TPSA) is 64.7 Å². The molecule has 4 nitrogen and oxygen atoms in total. The molecule has 0 aliphatic rings. The van der Waals surface area contributed by atoms with E-state index in [-0.39, 0.29) is 12.4 Å². The zero-order valence-electron chi connectivity index (χ0n) is 13.6. The van der Waals surface area contributed by atoms with Gasteiger partial charge in [-0.3, -0.25) is 0 Å². The third-order valence-corrected chi connectivity index (χ3v) is 3.48. The van der Waals surface area contributed by atoms with Crippen molar-refractivity contribution in [3.05, 3.63) is 23.3 Å². The van der Waals surface area contributed by atoms with Gasteiger partial charge in [0.05, 0.1) is 31.9 Å². The Kier molecular flexibility index (Phi) is 8.71. The molecule has 0 bridgehead atoms. The van der Waals surface area contributed by atoms with E-state index in [1.807, 2.05) is 19.1 Å². The molecule has 0 heterocycles. The van der Waals surface area contributed by atoms with Crippen molar-refractivity contribution in [1.29, 1.82) is 0 Å². The molecule has 1 rings (SSSR count). The maximum Gasteiger partial charge on any atom is 0.127 e. The average Bonchev–Trinajstić information content (AvgIpc) is 2.42. The van der Waals surface area contributed by atoms with Gasteiger partial charge in [-0.1, -0.05) is 13.8 Å². The Balaban J connectivity index is 0.00000400. The molecular weight excluding hydrogens is 290 g/mol. The number of rotatable bonds is 7. The van der Waals surface area contributed by atoms with Crippen LogP contribution in [-0.2, 0) is 0 Å². The molecule has 1 aromatic carbocycles. The lowest BCUT2D eigenvalue weighted by Crippen LogP contribution is -2.27. The van der Waals surface area contributed by atoms with Crippen molar-refractivity contribution in [2.45, 2.75) is 45.8 Å². The molecule has 0 unspecified atom stereocenters. The van der Waals surface area contributed by atoms with Crippen LogP contribution in [0.25, 0.3) is 0 Å². The molecule has 0 saturated heterocycles. The van der Waals surface area contributed by atoms with E-state index in [1.54, 1.807) is 14.2 Å². The second kappa shape index (κ2) is 9.13. The van der Waals surface area contributed by atoms with Crippen LogP contribution in [0.1, 0.15) is 43.9 Å². The van der Waals surface area contributed by atoms with Gasteiger partial charge in [0.15, 0.2) is 0 Å². The van der Waals surface area contributed by atoms with Gasteiger partial charge in [-0.05, 0) is 43.4 Å². The van der Waals surface area contributed by atoms with Crippen LogP contribution in [0.5, 0.6) is 11.5 Å². The van der Waals surface area contributed by atoms with Gasteiger partial charge in [0.2, 0.25) is 0 Å². The van der Waals surface area contributed by atoms with Gasteiger partial charge < -0.3 is 20.3 Å². The fourth-order valence-electron chi connectivity index (χ4n) is 2.27. The Morgan fingerprint density at radius 2 is 1.57 bits per heavy atom. The number of nitrogens with two attached hydrogens (primary N) is 1. The summed E-state index contributed by atoms with van der Waals surface area (Å²) >= 11 is 0. The van der Waals surface area contributed by atoms with Crippen LogP contribution in [0.4, 0.5) is 0 Å². The van der Waals surface area contributed by atoms with Gasteiger partial charge in [-0.25, -0.2) is 0 Å². The first-order chi connectivity index (χ1) is 9.40. The van der Waals surface area contributed by atoms with Crippen LogP contribution in [0, 0.1) is 12.8 Å². The lowest BCUT2D eigenvalue weighted by molar-refractivity contribution is 0.126. The Hall–Kier alpha value is -0.970. The molecule has 0 saturated carbocycles. The number of aliphatic hydroxyl groups excluding tert-OH is 1. The molecule has 2 atom stereocenters. The maximum absolute atomic E-state index is 10.3. The van der Waals surface area contributed by atoms with Gasteiger partial charge in [-0.2, -0.15) is 0 Å². The van der Waals surface area contributed by atoms with Crippen molar-refractivity contribution >= 4 is 12.4 Å². The van der Waals surface area contributed by atoms with Crippen molar-refractivity contribution in [2.75, 3.05) is 14.2 Å². The summed E-state index contributed by atoms with van der Waals surface area (Å²) in [6.07, 6.45) is 0.993. The first-order valence-electron chi connectivity index (χ1n) is 7.06. The minimum absolute atomic E-state index is 0. The molecule has 0 fully saturated rings. The predicted molar refractivity (Wildman–Crippen MR) is 88.5 cm³/mol. The molecule has 21 heavy (non-hydrogen) atoms. The second-order valence-corrected chi connectivity index (χ2v) is 5.65. The van der Waals surface area contributed by atoms with Gasteiger partial charge in [-0.15, -0.1) is 12.4 Å². The van der Waals surface area contributed by atoms with Crippen molar-refractivity contribution < 1.29 is 14.6 Å². The SMILES string of the molecule is COc1cc(C)cc(OC)c1[C@H](N)[C@H](O)CCC(C)C.Cl. The number of aliphatic hydroxyl groups is 1. The smallest absolute Gasteiger partial charge is 0.127 e. The van der Waals surface area contributed by atoms with Gasteiger partial charge in [0, 0.05) is 0 Å². The van der Waals surface area contributed by atoms with E-state index in [0.717, 1.165) is 17.5 Å². The highest BCUT2D eigenvalue weighted by Crippen LogP contribution is 2.36. The minimum atomic E-state index is -0.608. The van der Waals surface area contributed by atoms with Crippen molar-refractivity contribution in [1.82, 2.24) is 0 Å². The number of halogens is 1. The number of ether oxygens (including phenoxy) is 2. The number of hydrogen-bond donors (Lipinski definition) is 2. The highest BCUT2D eigenvalue weighted by molar-refractivity contribution is 5.85. The van der Waals surface area contributed by atoms with Gasteiger partial charge in [0.1, 0.15) is 11.5 Å². The zero-order chi connectivity index (χ0) is 15.3. The Morgan fingerprint density at radius 3 is 1.95 bits per heavy atom. The van der Waals surface area contributed by atoms with Crippen LogP contribution in [0.3, 0.4) is 0 Å². The number of methoxy groups -OCH3 is 2. The molecule has 0 radical (unpaired) electrons. The summed E-state index contributed by atoms with van der Waals surface area (Å²) < 4.78 is 10.8. The van der Waals surface area contributed by atoms with Crippen molar-refractivity contribution in [2.24, 2.45) is 11.7 Å². The van der Waals surface area contributed by atoms with E-state index in [4.69, 9.17) is 15.2 Å². The molecule has 3 N–H and O–H groups in total. The van der Waals surface area contributed by atoms with E-state index in [2.05, 4.69) is 13.8 Å². The van der Waals surface area contributed by atoms with Gasteiger partial charge in [0.25, 0.3) is 0 Å². The zero-order valence-corrected chi connectivity index (χ0v) is 14.4. The number of hydrogen-bond acceptors (Lipinski definition) is 4. The van der Waals surface area contributed by atoms with Crippen LogP contribution < -0.4 is 15.2 Å². The van der Waals surface area contributed by atoms with E-state index < -0.39 is 12.1 Å². The quantitative estimate of drug-likeness (QED) is 0.810. The maximum atomic E-state index is 10.3. The Bertz CT molecular complexity index is 413. The van der Waals surface area contributed by atoms with Crippen molar-refractivity contribution in [3.63, 3.8) is 0 Å². The average molecular weight is 318 g/mol. The van der Waals surface area contributed by atoms with E-state index >= 15 is 0 Å². The molecule has 1 aromatic rings. The Morgan fingerprint density at radius 1 is 1.10 bits per heavy atom. The van der Waals surface area contributed by atoms with Gasteiger partial charge >= 0.3 is 0 Å². The van der Waals surface area contributed by atoms with Crippen LogP contribution in [0.2, 0.25) is 0 Å². The normalized spacial score (nSPS) is 13.5. The highest BCUT2D eigenvalue weighted by atomic mass is 35.5. The van der Waals surface area contributed by atoms with E-state index in [1.165, 1.54) is 0 Å². The third-order valence-electron chi connectivity index (χ3n) is 3.48. The lowest BCUT2D eigenvalue weighted by Gasteiger charge is -2.24. The summed E-state index contributed by atoms with van der Waals surface area (Å²) in [5.41, 5.74) is 7.98. The molecule has 0 spiro atoms. The third kappa shape index (κ3) is 5.38. The fraction of sp³-hybridized carbons (Fsp3) is 0.625. The molecular formula is C16H28ClNO3. The fourth-order valence-corrected chi connectivity index (χ4v) is 2.27. The number of benzene rings is 1. The van der Waals surface area contributed by atoms with E-state index in [0.29, 0.717) is 23.8 Å². The lowest BCUT2D eigenvalue weighted by atomic mass is 9.94. The van der Waals surface area contributed by atoms with Crippen molar-refractivity contribution in [3.8, 4) is 11.5 Å².